The highest BCUT2D eigenvalue weighted by atomic mass is 32.1. The molecule has 0 saturated heterocycles. The van der Waals surface area contributed by atoms with Crippen molar-refractivity contribution in [1.29, 1.82) is 0 Å². The highest BCUT2D eigenvalue weighted by molar-refractivity contribution is 7.81. The van der Waals surface area contributed by atoms with E-state index in [2.05, 4.69) is 31.7 Å². The third-order valence-electron chi connectivity index (χ3n) is 1.89. The van der Waals surface area contributed by atoms with Crippen LogP contribution in [0.3, 0.4) is 0 Å². The quantitative estimate of drug-likeness (QED) is 0.712. The Labute approximate surface area is 85.5 Å². The highest BCUT2D eigenvalue weighted by Gasteiger charge is 1.99. The summed E-state index contributed by atoms with van der Waals surface area (Å²) >= 11 is 4.35. The molecule has 0 aliphatic carbocycles. The second-order valence-electron chi connectivity index (χ2n) is 3.06. The smallest absolute Gasteiger partial charge is 0.0717 e. The van der Waals surface area contributed by atoms with Crippen LogP contribution in [-0.2, 0) is 11.3 Å². The molecular formula is C11H16OS. The van der Waals surface area contributed by atoms with Crippen LogP contribution in [0.25, 0.3) is 0 Å². The van der Waals surface area contributed by atoms with Gasteiger partial charge in [-0.2, -0.15) is 12.6 Å². The molecule has 1 rings (SSSR count). The second-order valence-corrected chi connectivity index (χ2v) is 3.79. The lowest BCUT2D eigenvalue weighted by Gasteiger charge is -2.08. The second kappa shape index (κ2) is 6.06. The van der Waals surface area contributed by atoms with Crippen LogP contribution in [-0.4, -0.2) is 11.9 Å². The zero-order chi connectivity index (χ0) is 9.52. The van der Waals surface area contributed by atoms with Gasteiger partial charge in [-0.25, -0.2) is 0 Å². The molecule has 0 saturated carbocycles. The van der Waals surface area contributed by atoms with Crippen LogP contribution >= 0.6 is 12.6 Å². The van der Waals surface area contributed by atoms with Crippen LogP contribution in [0.15, 0.2) is 30.3 Å². The van der Waals surface area contributed by atoms with Gasteiger partial charge in [0.15, 0.2) is 0 Å². The standard InChI is InChI=1S/C11H16OS/c1-2-11(13)9-12-8-10-6-4-3-5-7-10/h3-7,11,13H,2,8-9H2,1H3. The van der Waals surface area contributed by atoms with Crippen molar-refractivity contribution < 1.29 is 4.74 Å². The summed E-state index contributed by atoms with van der Waals surface area (Å²) in [5, 5.41) is 0.365. The van der Waals surface area contributed by atoms with Crippen molar-refractivity contribution in [3.63, 3.8) is 0 Å². The van der Waals surface area contributed by atoms with E-state index in [1.54, 1.807) is 0 Å². The van der Waals surface area contributed by atoms with Gasteiger partial charge in [0.2, 0.25) is 0 Å². The molecular weight excluding hydrogens is 180 g/mol. The van der Waals surface area contributed by atoms with E-state index < -0.39 is 0 Å². The first-order chi connectivity index (χ1) is 6.33. The van der Waals surface area contributed by atoms with Crippen molar-refractivity contribution in [2.75, 3.05) is 6.61 Å². The van der Waals surface area contributed by atoms with Crippen LogP contribution in [0.1, 0.15) is 18.9 Å². The summed E-state index contributed by atoms with van der Waals surface area (Å²) < 4.78 is 5.50. The minimum Gasteiger partial charge on any atom is -0.376 e. The summed E-state index contributed by atoms with van der Waals surface area (Å²) in [6.07, 6.45) is 1.05. The first-order valence-corrected chi connectivity index (χ1v) is 5.14. The topological polar surface area (TPSA) is 9.23 Å². The Hall–Kier alpha value is -0.470. The molecule has 1 aromatic rings. The Morgan fingerprint density at radius 3 is 2.62 bits per heavy atom. The maximum absolute atomic E-state index is 5.50. The molecule has 0 radical (unpaired) electrons. The van der Waals surface area contributed by atoms with Gasteiger partial charge in [-0.15, -0.1) is 0 Å². The number of thiol groups is 1. The Bertz CT molecular complexity index is 223. The molecule has 0 spiro atoms. The molecule has 0 bridgehead atoms. The minimum absolute atomic E-state index is 0.365. The van der Waals surface area contributed by atoms with Crippen molar-refractivity contribution >= 4 is 12.6 Å². The molecule has 0 fully saturated rings. The van der Waals surface area contributed by atoms with E-state index in [1.165, 1.54) is 5.56 Å². The third-order valence-corrected chi connectivity index (χ3v) is 2.41. The van der Waals surface area contributed by atoms with Gasteiger partial charge < -0.3 is 4.74 Å². The van der Waals surface area contributed by atoms with Crippen LogP contribution < -0.4 is 0 Å². The van der Waals surface area contributed by atoms with Crippen LogP contribution in [0.2, 0.25) is 0 Å². The van der Waals surface area contributed by atoms with Crippen LogP contribution in [0.4, 0.5) is 0 Å². The van der Waals surface area contributed by atoms with Gasteiger partial charge in [-0.05, 0) is 12.0 Å². The number of ether oxygens (including phenoxy) is 1. The van der Waals surface area contributed by atoms with Crippen LogP contribution in [0, 0.1) is 0 Å². The van der Waals surface area contributed by atoms with Crippen molar-refractivity contribution in [2.45, 2.75) is 25.2 Å². The van der Waals surface area contributed by atoms with E-state index in [1.807, 2.05) is 18.2 Å². The van der Waals surface area contributed by atoms with Gasteiger partial charge in [0.1, 0.15) is 0 Å². The Balaban J connectivity index is 2.20. The summed E-state index contributed by atoms with van der Waals surface area (Å²) in [6.45, 7) is 3.54. The summed E-state index contributed by atoms with van der Waals surface area (Å²) in [5.74, 6) is 0. The normalized spacial score (nSPS) is 12.8. The minimum atomic E-state index is 0.365. The number of hydrogen-bond donors (Lipinski definition) is 1. The zero-order valence-corrected chi connectivity index (χ0v) is 8.84. The molecule has 1 aromatic carbocycles. The van der Waals surface area contributed by atoms with Crippen LogP contribution in [0.5, 0.6) is 0 Å². The lowest BCUT2D eigenvalue weighted by atomic mass is 10.2. The Kier molecular flexibility index (Phi) is 4.94. The molecule has 1 nitrogen and oxygen atoms in total. The van der Waals surface area contributed by atoms with Gasteiger partial charge >= 0.3 is 0 Å². The van der Waals surface area contributed by atoms with Gasteiger partial charge in [0.25, 0.3) is 0 Å². The summed E-state index contributed by atoms with van der Waals surface area (Å²) in [6, 6.07) is 10.2. The van der Waals surface area contributed by atoms with E-state index >= 15 is 0 Å². The fourth-order valence-electron chi connectivity index (χ4n) is 1.00. The number of rotatable bonds is 5. The van der Waals surface area contributed by atoms with Crippen molar-refractivity contribution in [2.24, 2.45) is 0 Å². The molecule has 72 valence electrons. The monoisotopic (exact) mass is 196 g/mol. The van der Waals surface area contributed by atoms with Crippen molar-refractivity contribution in [3.8, 4) is 0 Å². The SMILES string of the molecule is CCC(S)COCc1ccccc1. The van der Waals surface area contributed by atoms with Gasteiger partial charge in [0.05, 0.1) is 13.2 Å². The Morgan fingerprint density at radius 2 is 2.00 bits per heavy atom. The maximum atomic E-state index is 5.50. The van der Waals surface area contributed by atoms with Crippen molar-refractivity contribution in [3.05, 3.63) is 35.9 Å². The molecule has 2 heteroatoms. The van der Waals surface area contributed by atoms with Crippen molar-refractivity contribution in [1.82, 2.24) is 0 Å². The largest absolute Gasteiger partial charge is 0.376 e. The molecule has 1 unspecified atom stereocenters. The molecule has 1 atom stereocenters. The number of benzene rings is 1. The molecule has 13 heavy (non-hydrogen) atoms. The molecule has 0 aliphatic heterocycles. The Morgan fingerprint density at radius 1 is 1.31 bits per heavy atom. The number of hydrogen-bond acceptors (Lipinski definition) is 2. The highest BCUT2D eigenvalue weighted by Crippen LogP contribution is 2.04. The predicted octanol–water partition coefficient (Wildman–Crippen LogP) is 2.91. The average Bonchev–Trinajstić information content (AvgIpc) is 2.19. The maximum Gasteiger partial charge on any atom is 0.0717 e. The average molecular weight is 196 g/mol. The summed E-state index contributed by atoms with van der Waals surface area (Å²) in [7, 11) is 0. The zero-order valence-electron chi connectivity index (χ0n) is 7.94. The molecule has 0 N–H and O–H groups in total. The first-order valence-electron chi connectivity index (χ1n) is 4.62. The molecule has 0 aromatic heterocycles. The lowest BCUT2D eigenvalue weighted by molar-refractivity contribution is 0.121. The van der Waals surface area contributed by atoms with Gasteiger partial charge in [-0.3, -0.25) is 0 Å². The van der Waals surface area contributed by atoms with E-state index in [9.17, 15) is 0 Å². The van der Waals surface area contributed by atoms with E-state index in [4.69, 9.17) is 4.74 Å². The fourth-order valence-corrected chi connectivity index (χ4v) is 1.11. The summed E-state index contributed by atoms with van der Waals surface area (Å²) in [5.41, 5.74) is 1.22. The van der Waals surface area contributed by atoms with E-state index in [0.717, 1.165) is 13.0 Å². The molecule has 0 heterocycles. The van der Waals surface area contributed by atoms with Gasteiger partial charge in [-0.1, -0.05) is 37.3 Å². The van der Waals surface area contributed by atoms with Gasteiger partial charge in [0, 0.05) is 5.25 Å². The lowest BCUT2D eigenvalue weighted by Crippen LogP contribution is -2.07. The molecule has 0 amide bonds. The molecule has 0 aliphatic rings. The first kappa shape index (κ1) is 10.6. The summed E-state index contributed by atoms with van der Waals surface area (Å²) in [4.78, 5) is 0. The van der Waals surface area contributed by atoms with E-state index in [-0.39, 0.29) is 0 Å². The van der Waals surface area contributed by atoms with E-state index in [0.29, 0.717) is 11.9 Å². The predicted molar refractivity (Wildman–Crippen MR) is 59.2 cm³/mol. The third kappa shape index (κ3) is 4.34. The fraction of sp³-hybridized carbons (Fsp3) is 0.455.